The Kier molecular flexibility index (Phi) is 6.27. The molecule has 6 heteroatoms. The molecule has 1 aromatic carbocycles. The van der Waals surface area contributed by atoms with Crippen LogP contribution in [0.15, 0.2) is 24.3 Å². The average molecular weight is 254 g/mol. The molecule has 0 heterocycles. The maximum atomic E-state index is 10.5. The van der Waals surface area contributed by atoms with Crippen LogP contribution in [-0.2, 0) is 6.42 Å². The molecule has 0 saturated heterocycles. The highest BCUT2D eigenvalue weighted by molar-refractivity contribution is 5.32. The van der Waals surface area contributed by atoms with Crippen LogP contribution >= 0.6 is 0 Å². The van der Waals surface area contributed by atoms with E-state index >= 15 is 0 Å². The Hall–Kier alpha value is -1.50. The van der Waals surface area contributed by atoms with Crippen molar-refractivity contribution in [3.63, 3.8) is 0 Å². The second kappa shape index (κ2) is 7.75. The summed E-state index contributed by atoms with van der Waals surface area (Å²) < 4.78 is 0. The molecule has 0 aliphatic carbocycles. The number of aliphatic hydroxyl groups is 2. The van der Waals surface area contributed by atoms with Gasteiger partial charge in [0.1, 0.15) is 0 Å². The first-order chi connectivity index (χ1) is 8.67. The molecule has 18 heavy (non-hydrogen) atoms. The summed E-state index contributed by atoms with van der Waals surface area (Å²) in [5.41, 5.74) is 1.09. The number of hydrogen-bond donors (Lipinski definition) is 2. The zero-order valence-corrected chi connectivity index (χ0v) is 10.2. The molecule has 0 fully saturated rings. The normalized spacial score (nSPS) is 10.8. The molecule has 0 radical (unpaired) electrons. The van der Waals surface area contributed by atoms with Gasteiger partial charge in [-0.05, 0) is 12.0 Å². The molecule has 1 aromatic rings. The third-order valence-electron chi connectivity index (χ3n) is 2.70. The van der Waals surface area contributed by atoms with Crippen LogP contribution in [0.5, 0.6) is 0 Å². The van der Waals surface area contributed by atoms with E-state index in [4.69, 9.17) is 10.2 Å². The van der Waals surface area contributed by atoms with Crippen LogP contribution in [0.25, 0.3) is 0 Å². The van der Waals surface area contributed by atoms with Gasteiger partial charge in [0.25, 0.3) is 5.69 Å². The van der Waals surface area contributed by atoms with Gasteiger partial charge in [-0.2, -0.15) is 0 Å². The van der Waals surface area contributed by atoms with E-state index in [1.54, 1.807) is 12.1 Å². The van der Waals surface area contributed by atoms with Crippen molar-refractivity contribution in [3.8, 4) is 0 Å². The fraction of sp³-hybridized carbons (Fsp3) is 0.500. The van der Waals surface area contributed by atoms with Gasteiger partial charge in [-0.15, -0.1) is 0 Å². The summed E-state index contributed by atoms with van der Waals surface area (Å²) in [5, 5.41) is 28.2. The van der Waals surface area contributed by atoms with Crippen molar-refractivity contribution < 1.29 is 15.1 Å². The molecule has 0 bridgehead atoms. The highest BCUT2D eigenvalue weighted by Gasteiger charge is 2.06. The van der Waals surface area contributed by atoms with E-state index in [1.807, 2.05) is 4.90 Å². The van der Waals surface area contributed by atoms with Crippen LogP contribution in [0, 0.1) is 10.1 Å². The maximum absolute atomic E-state index is 10.5. The quantitative estimate of drug-likeness (QED) is 0.518. The second-order valence-electron chi connectivity index (χ2n) is 3.96. The van der Waals surface area contributed by atoms with Gasteiger partial charge in [0.05, 0.1) is 18.1 Å². The number of non-ortho nitro benzene ring substituents is 1. The minimum atomic E-state index is -0.423. The molecule has 0 unspecified atom stereocenters. The first kappa shape index (κ1) is 14.6. The highest BCUT2D eigenvalue weighted by atomic mass is 16.6. The van der Waals surface area contributed by atoms with Gasteiger partial charge < -0.3 is 10.2 Å². The van der Waals surface area contributed by atoms with E-state index < -0.39 is 4.92 Å². The summed E-state index contributed by atoms with van der Waals surface area (Å²) >= 11 is 0. The first-order valence-electron chi connectivity index (χ1n) is 5.84. The number of nitro benzene ring substituents is 1. The summed E-state index contributed by atoms with van der Waals surface area (Å²) in [7, 11) is 0. The number of benzene rings is 1. The zero-order valence-electron chi connectivity index (χ0n) is 10.2. The first-order valence-corrected chi connectivity index (χ1v) is 5.84. The van der Waals surface area contributed by atoms with E-state index in [0.29, 0.717) is 19.6 Å². The number of hydrogen-bond acceptors (Lipinski definition) is 5. The van der Waals surface area contributed by atoms with Crippen molar-refractivity contribution in [1.29, 1.82) is 0 Å². The van der Waals surface area contributed by atoms with Crippen molar-refractivity contribution in [2.24, 2.45) is 0 Å². The predicted octanol–water partition coefficient (Wildman–Crippen LogP) is 0.424. The molecule has 2 N–H and O–H groups in total. The molecule has 0 aliphatic rings. The van der Waals surface area contributed by atoms with Gasteiger partial charge in [-0.1, -0.05) is 12.1 Å². The third kappa shape index (κ3) is 4.79. The molecule has 0 amide bonds. The SMILES string of the molecule is O=[N+]([O-])c1ccc(CCN(CCO)CCO)cc1. The summed E-state index contributed by atoms with van der Waals surface area (Å²) in [4.78, 5) is 12.0. The summed E-state index contributed by atoms with van der Waals surface area (Å²) in [6, 6.07) is 6.43. The van der Waals surface area contributed by atoms with Crippen LogP contribution < -0.4 is 0 Å². The maximum Gasteiger partial charge on any atom is 0.269 e. The van der Waals surface area contributed by atoms with Gasteiger partial charge in [0, 0.05) is 31.8 Å². The number of aliphatic hydroxyl groups excluding tert-OH is 2. The minimum Gasteiger partial charge on any atom is -0.395 e. The molecule has 6 nitrogen and oxygen atoms in total. The molecular weight excluding hydrogens is 236 g/mol. The monoisotopic (exact) mass is 254 g/mol. The van der Waals surface area contributed by atoms with Crippen LogP contribution in [-0.4, -0.2) is 52.9 Å². The Labute approximate surface area is 106 Å². The van der Waals surface area contributed by atoms with E-state index in [-0.39, 0.29) is 18.9 Å². The Morgan fingerprint density at radius 3 is 2.06 bits per heavy atom. The lowest BCUT2D eigenvalue weighted by atomic mass is 10.1. The molecule has 0 spiro atoms. The van der Waals surface area contributed by atoms with E-state index in [0.717, 1.165) is 12.0 Å². The Bertz CT molecular complexity index is 361. The van der Waals surface area contributed by atoms with Crippen LogP contribution in [0.4, 0.5) is 5.69 Å². The number of nitro groups is 1. The molecule has 0 aromatic heterocycles. The lowest BCUT2D eigenvalue weighted by Gasteiger charge is -2.19. The van der Waals surface area contributed by atoms with Gasteiger partial charge >= 0.3 is 0 Å². The van der Waals surface area contributed by atoms with Crippen LogP contribution in [0.1, 0.15) is 5.56 Å². The summed E-state index contributed by atoms with van der Waals surface area (Å²) in [6.07, 6.45) is 0.734. The highest BCUT2D eigenvalue weighted by Crippen LogP contribution is 2.12. The van der Waals surface area contributed by atoms with Crippen LogP contribution in [0.2, 0.25) is 0 Å². The molecule has 0 aliphatic heterocycles. The fourth-order valence-electron chi connectivity index (χ4n) is 1.69. The minimum absolute atomic E-state index is 0.0558. The molecule has 0 saturated carbocycles. The Balaban J connectivity index is 2.48. The van der Waals surface area contributed by atoms with Gasteiger partial charge in [-0.25, -0.2) is 0 Å². The lowest BCUT2D eigenvalue weighted by molar-refractivity contribution is -0.384. The largest absolute Gasteiger partial charge is 0.395 e. The molecular formula is C12H18N2O4. The standard InChI is InChI=1S/C12H18N2O4/c15-9-7-13(8-10-16)6-5-11-1-3-12(4-2-11)14(17)18/h1-4,15-16H,5-10H2. The van der Waals surface area contributed by atoms with Crippen LogP contribution in [0.3, 0.4) is 0 Å². The van der Waals surface area contributed by atoms with Crippen molar-refractivity contribution in [2.45, 2.75) is 6.42 Å². The Morgan fingerprint density at radius 2 is 1.61 bits per heavy atom. The number of rotatable bonds is 8. The molecule has 0 atom stereocenters. The fourth-order valence-corrected chi connectivity index (χ4v) is 1.69. The zero-order chi connectivity index (χ0) is 13.4. The van der Waals surface area contributed by atoms with Crippen molar-refractivity contribution >= 4 is 5.69 Å². The average Bonchev–Trinajstić information content (AvgIpc) is 2.37. The summed E-state index contributed by atoms with van der Waals surface area (Å²) in [5.74, 6) is 0. The van der Waals surface area contributed by atoms with E-state index in [1.165, 1.54) is 12.1 Å². The molecule has 1 rings (SSSR count). The lowest BCUT2D eigenvalue weighted by Crippen LogP contribution is -2.31. The van der Waals surface area contributed by atoms with Crippen molar-refractivity contribution in [3.05, 3.63) is 39.9 Å². The van der Waals surface area contributed by atoms with E-state index in [9.17, 15) is 10.1 Å². The predicted molar refractivity (Wildman–Crippen MR) is 67.4 cm³/mol. The van der Waals surface area contributed by atoms with Gasteiger partial charge in [-0.3, -0.25) is 15.0 Å². The third-order valence-corrected chi connectivity index (χ3v) is 2.70. The van der Waals surface area contributed by atoms with Crippen molar-refractivity contribution in [1.82, 2.24) is 4.90 Å². The van der Waals surface area contributed by atoms with E-state index in [2.05, 4.69) is 0 Å². The topological polar surface area (TPSA) is 86.8 Å². The van der Waals surface area contributed by atoms with Gasteiger partial charge in [0.2, 0.25) is 0 Å². The summed E-state index contributed by atoms with van der Waals surface area (Å²) in [6.45, 7) is 1.86. The van der Waals surface area contributed by atoms with Gasteiger partial charge in [0.15, 0.2) is 0 Å². The Morgan fingerprint density at radius 1 is 1.06 bits per heavy atom. The smallest absolute Gasteiger partial charge is 0.269 e. The molecule has 100 valence electrons. The van der Waals surface area contributed by atoms with Crippen molar-refractivity contribution in [2.75, 3.05) is 32.8 Å². The number of nitrogens with zero attached hydrogens (tertiary/aromatic N) is 2. The second-order valence-corrected chi connectivity index (χ2v) is 3.96.